The summed E-state index contributed by atoms with van der Waals surface area (Å²) in [7, 11) is 1.51. The highest BCUT2D eigenvalue weighted by molar-refractivity contribution is 9.10. The number of amides is 1. The van der Waals surface area contributed by atoms with Crippen molar-refractivity contribution in [1.82, 2.24) is 0 Å². The molecule has 0 bridgehead atoms. The third kappa shape index (κ3) is 4.18. The van der Waals surface area contributed by atoms with Gasteiger partial charge < -0.3 is 14.8 Å². The second-order valence-corrected chi connectivity index (χ2v) is 6.10. The van der Waals surface area contributed by atoms with Gasteiger partial charge in [-0.2, -0.15) is 0 Å². The van der Waals surface area contributed by atoms with Crippen LogP contribution in [0.15, 0.2) is 34.8 Å². The number of anilines is 1. The molecule has 6 heteroatoms. The number of hydrogen-bond donors (Lipinski definition) is 1. The van der Waals surface area contributed by atoms with Gasteiger partial charge in [0.1, 0.15) is 0 Å². The van der Waals surface area contributed by atoms with Crippen LogP contribution >= 0.6 is 27.5 Å². The molecule has 0 aliphatic rings. The highest BCUT2D eigenvalue weighted by Gasteiger charge is 2.16. The van der Waals surface area contributed by atoms with Crippen LogP contribution in [-0.2, 0) is 0 Å². The van der Waals surface area contributed by atoms with E-state index < -0.39 is 0 Å². The minimum absolute atomic E-state index is 0.269. The number of aryl methyl sites for hydroxylation is 1. The Morgan fingerprint density at radius 1 is 1.30 bits per heavy atom. The minimum atomic E-state index is -0.269. The van der Waals surface area contributed by atoms with Crippen molar-refractivity contribution in [3.05, 3.63) is 51.0 Å². The monoisotopic (exact) mass is 397 g/mol. The van der Waals surface area contributed by atoms with Gasteiger partial charge in [0.2, 0.25) is 0 Å². The Labute approximate surface area is 148 Å². The van der Waals surface area contributed by atoms with Gasteiger partial charge in [0.15, 0.2) is 11.5 Å². The van der Waals surface area contributed by atoms with E-state index in [1.165, 1.54) is 7.11 Å². The normalized spacial score (nSPS) is 10.3. The number of benzene rings is 2. The largest absolute Gasteiger partial charge is 0.493 e. The molecule has 0 spiro atoms. The molecule has 0 aliphatic carbocycles. The number of nitrogens with one attached hydrogen (secondary N) is 1. The smallest absolute Gasteiger partial charge is 0.255 e. The van der Waals surface area contributed by atoms with Gasteiger partial charge >= 0.3 is 0 Å². The van der Waals surface area contributed by atoms with Crippen molar-refractivity contribution >= 4 is 39.1 Å². The lowest BCUT2D eigenvalue weighted by Gasteiger charge is -2.13. The summed E-state index contributed by atoms with van der Waals surface area (Å²) < 4.78 is 11.7. The van der Waals surface area contributed by atoms with Crippen LogP contribution in [0.2, 0.25) is 5.02 Å². The van der Waals surface area contributed by atoms with Gasteiger partial charge in [-0.25, -0.2) is 0 Å². The first-order valence-corrected chi connectivity index (χ1v) is 8.21. The zero-order valence-corrected chi connectivity index (χ0v) is 15.4. The molecule has 0 unspecified atom stereocenters. The Morgan fingerprint density at radius 3 is 2.65 bits per heavy atom. The number of ether oxygens (including phenoxy) is 2. The second-order valence-electron chi connectivity index (χ2n) is 4.84. The summed E-state index contributed by atoms with van der Waals surface area (Å²) in [6.45, 7) is 4.27. The molecule has 0 radical (unpaired) electrons. The molecular formula is C17H17BrClNO3. The van der Waals surface area contributed by atoms with Crippen molar-refractivity contribution in [2.75, 3.05) is 19.0 Å². The topological polar surface area (TPSA) is 47.6 Å². The molecule has 0 saturated carbocycles. The summed E-state index contributed by atoms with van der Waals surface area (Å²) in [5.41, 5.74) is 2.14. The van der Waals surface area contributed by atoms with Crippen LogP contribution in [-0.4, -0.2) is 19.6 Å². The number of hydrogen-bond acceptors (Lipinski definition) is 3. The van der Waals surface area contributed by atoms with Crippen molar-refractivity contribution in [2.45, 2.75) is 13.8 Å². The molecule has 0 saturated heterocycles. The van der Waals surface area contributed by atoms with Crippen molar-refractivity contribution in [3.8, 4) is 11.5 Å². The molecule has 0 atom stereocenters. The van der Waals surface area contributed by atoms with Crippen LogP contribution < -0.4 is 14.8 Å². The fourth-order valence-electron chi connectivity index (χ4n) is 2.06. The van der Waals surface area contributed by atoms with E-state index in [1.54, 1.807) is 12.1 Å². The average Bonchev–Trinajstić information content (AvgIpc) is 2.52. The quantitative estimate of drug-likeness (QED) is 0.765. The molecule has 0 heterocycles. The Morgan fingerprint density at radius 2 is 2.04 bits per heavy atom. The van der Waals surface area contributed by atoms with E-state index in [9.17, 15) is 4.79 Å². The first-order valence-electron chi connectivity index (χ1n) is 7.04. The van der Waals surface area contributed by atoms with Crippen molar-refractivity contribution < 1.29 is 14.3 Å². The molecule has 1 N–H and O–H groups in total. The minimum Gasteiger partial charge on any atom is -0.493 e. The van der Waals surface area contributed by atoms with E-state index in [0.717, 1.165) is 10.0 Å². The molecule has 0 aromatic heterocycles. The lowest BCUT2D eigenvalue weighted by Crippen LogP contribution is -2.12. The third-order valence-corrected chi connectivity index (χ3v) is 4.37. The fraction of sp³-hybridized carbons (Fsp3) is 0.235. The van der Waals surface area contributed by atoms with Crippen LogP contribution in [0, 0.1) is 6.92 Å². The van der Waals surface area contributed by atoms with E-state index in [1.807, 2.05) is 32.0 Å². The van der Waals surface area contributed by atoms with Crippen molar-refractivity contribution in [3.63, 3.8) is 0 Å². The molecule has 0 aliphatic heterocycles. The van der Waals surface area contributed by atoms with E-state index in [4.69, 9.17) is 21.1 Å². The van der Waals surface area contributed by atoms with Crippen LogP contribution in [0.4, 0.5) is 5.69 Å². The Balaban J connectivity index is 2.28. The van der Waals surface area contributed by atoms with Crippen LogP contribution in [0.25, 0.3) is 0 Å². The summed E-state index contributed by atoms with van der Waals surface area (Å²) in [6, 6.07) is 8.77. The predicted molar refractivity (Wildman–Crippen MR) is 96.0 cm³/mol. The molecule has 1 amide bonds. The van der Waals surface area contributed by atoms with Gasteiger partial charge in [-0.3, -0.25) is 4.79 Å². The predicted octanol–water partition coefficient (Wildman–Crippen LogP) is 5.07. The molecule has 122 valence electrons. The average molecular weight is 399 g/mol. The third-order valence-electron chi connectivity index (χ3n) is 3.20. The van der Waals surface area contributed by atoms with E-state index >= 15 is 0 Å². The van der Waals surface area contributed by atoms with Crippen molar-refractivity contribution in [2.24, 2.45) is 0 Å². The maximum Gasteiger partial charge on any atom is 0.255 e. The molecule has 23 heavy (non-hydrogen) atoms. The maximum atomic E-state index is 12.4. The number of halogens is 2. The Kier molecular flexibility index (Phi) is 5.91. The van der Waals surface area contributed by atoms with Crippen LogP contribution in [0.1, 0.15) is 22.8 Å². The summed E-state index contributed by atoms with van der Waals surface area (Å²) in [5, 5.41) is 3.18. The Bertz CT molecular complexity index is 734. The zero-order chi connectivity index (χ0) is 17.0. The SMILES string of the molecule is CCOc1c(Cl)cc(C(=O)Nc2ccc(Br)c(C)c2)cc1OC. The molecular weight excluding hydrogens is 382 g/mol. The van der Waals surface area contributed by atoms with Gasteiger partial charge in [-0.15, -0.1) is 0 Å². The first kappa shape index (κ1) is 17.6. The Hall–Kier alpha value is -1.72. The van der Waals surface area contributed by atoms with Gasteiger partial charge in [-0.1, -0.05) is 27.5 Å². The molecule has 2 rings (SSSR count). The standard InChI is InChI=1S/C17H17BrClNO3/c1-4-23-16-14(19)8-11(9-15(16)22-3)17(21)20-12-5-6-13(18)10(2)7-12/h5-9H,4H2,1-3H3,(H,20,21). The fourth-order valence-corrected chi connectivity index (χ4v) is 2.57. The van der Waals surface area contributed by atoms with Crippen molar-refractivity contribution in [1.29, 1.82) is 0 Å². The first-order chi connectivity index (χ1) is 11.0. The summed E-state index contributed by atoms with van der Waals surface area (Å²) in [6.07, 6.45) is 0. The number of carbonyl (C=O) groups excluding carboxylic acids is 1. The molecule has 4 nitrogen and oxygen atoms in total. The molecule has 2 aromatic rings. The lowest BCUT2D eigenvalue weighted by molar-refractivity contribution is 0.102. The van der Waals surface area contributed by atoms with Gasteiger partial charge in [-0.05, 0) is 49.7 Å². The van der Waals surface area contributed by atoms with Crippen LogP contribution in [0.3, 0.4) is 0 Å². The van der Waals surface area contributed by atoms with Gasteiger partial charge in [0, 0.05) is 15.7 Å². The summed E-state index contributed by atoms with van der Waals surface area (Å²) in [4.78, 5) is 12.4. The van der Waals surface area contributed by atoms with Gasteiger partial charge in [0.25, 0.3) is 5.91 Å². The zero-order valence-electron chi connectivity index (χ0n) is 13.1. The van der Waals surface area contributed by atoms with Gasteiger partial charge in [0.05, 0.1) is 18.7 Å². The highest BCUT2D eigenvalue weighted by Crippen LogP contribution is 2.36. The highest BCUT2D eigenvalue weighted by atomic mass is 79.9. The van der Waals surface area contributed by atoms with Crippen LogP contribution in [0.5, 0.6) is 11.5 Å². The lowest BCUT2D eigenvalue weighted by atomic mass is 10.1. The molecule has 0 fully saturated rings. The maximum absolute atomic E-state index is 12.4. The summed E-state index contributed by atoms with van der Waals surface area (Å²) >= 11 is 9.62. The second kappa shape index (κ2) is 7.70. The van der Waals surface area contributed by atoms with E-state index in [2.05, 4.69) is 21.2 Å². The summed E-state index contributed by atoms with van der Waals surface area (Å²) in [5.74, 6) is 0.596. The van der Waals surface area contributed by atoms with E-state index in [0.29, 0.717) is 34.4 Å². The molecule has 2 aromatic carbocycles. The number of methoxy groups -OCH3 is 1. The van der Waals surface area contributed by atoms with E-state index in [-0.39, 0.29) is 5.91 Å². The number of rotatable bonds is 5. The number of carbonyl (C=O) groups is 1.